The normalized spacial score (nSPS) is 10.6. The van der Waals surface area contributed by atoms with E-state index in [0.717, 1.165) is 0 Å². The molecule has 1 heterocycles. The first-order valence-electron chi connectivity index (χ1n) is 9.42. The average Bonchev–Trinajstić information content (AvgIpc) is 3.21. The minimum absolute atomic E-state index is 0.142. The number of hydrogen-bond acceptors (Lipinski definition) is 6. The van der Waals surface area contributed by atoms with Gasteiger partial charge in [0.1, 0.15) is 5.82 Å². The zero-order valence-corrected chi connectivity index (χ0v) is 16.4. The van der Waals surface area contributed by atoms with Gasteiger partial charge in [0, 0.05) is 37.2 Å². The Labute approximate surface area is 172 Å². The molecular formula is C21H22FN5O3. The summed E-state index contributed by atoms with van der Waals surface area (Å²) in [6.07, 6.45) is 0.392. The van der Waals surface area contributed by atoms with E-state index < -0.39 is 0 Å². The van der Waals surface area contributed by atoms with Gasteiger partial charge >= 0.3 is 0 Å². The molecule has 30 heavy (non-hydrogen) atoms. The van der Waals surface area contributed by atoms with E-state index in [2.05, 4.69) is 20.8 Å². The Kier molecular flexibility index (Phi) is 6.74. The lowest BCUT2D eigenvalue weighted by atomic mass is 10.1. The van der Waals surface area contributed by atoms with Gasteiger partial charge in [0.05, 0.1) is 5.56 Å². The minimum Gasteiger partial charge on any atom is -0.398 e. The molecule has 1 aromatic heterocycles. The van der Waals surface area contributed by atoms with Crippen LogP contribution in [0.3, 0.4) is 0 Å². The summed E-state index contributed by atoms with van der Waals surface area (Å²) in [4.78, 5) is 28.2. The Morgan fingerprint density at radius 3 is 2.67 bits per heavy atom. The second kappa shape index (κ2) is 9.64. The first-order valence-corrected chi connectivity index (χ1v) is 9.42. The van der Waals surface area contributed by atoms with E-state index in [4.69, 9.17) is 10.3 Å². The van der Waals surface area contributed by atoms with Crippen LogP contribution >= 0.6 is 0 Å². The Bertz CT molecular complexity index is 1050. The highest BCUT2D eigenvalue weighted by Crippen LogP contribution is 2.19. The number of amides is 2. The maximum Gasteiger partial charge on any atom is 0.253 e. The lowest BCUT2D eigenvalue weighted by Gasteiger charge is -2.08. The average molecular weight is 411 g/mol. The van der Waals surface area contributed by atoms with Gasteiger partial charge < -0.3 is 20.9 Å². The number of anilines is 1. The third-order valence-electron chi connectivity index (χ3n) is 4.40. The maximum absolute atomic E-state index is 13.7. The molecule has 156 valence electrons. The fraction of sp³-hybridized carbons (Fsp3) is 0.238. The quantitative estimate of drug-likeness (QED) is 0.386. The molecule has 0 saturated carbocycles. The molecule has 0 atom stereocenters. The van der Waals surface area contributed by atoms with E-state index in [1.165, 1.54) is 6.07 Å². The first-order chi connectivity index (χ1) is 14.4. The Morgan fingerprint density at radius 1 is 1.13 bits per heavy atom. The molecule has 4 N–H and O–H groups in total. The molecule has 0 radical (unpaired) electrons. The van der Waals surface area contributed by atoms with Gasteiger partial charge in [0.15, 0.2) is 0 Å². The third-order valence-corrected chi connectivity index (χ3v) is 4.40. The van der Waals surface area contributed by atoms with Crippen molar-refractivity contribution in [1.82, 2.24) is 20.8 Å². The molecule has 3 rings (SSSR count). The van der Waals surface area contributed by atoms with Gasteiger partial charge in [0.2, 0.25) is 17.6 Å². The van der Waals surface area contributed by atoms with Crippen molar-refractivity contribution in [2.45, 2.75) is 19.8 Å². The van der Waals surface area contributed by atoms with Crippen LogP contribution in [0.15, 0.2) is 47.0 Å². The van der Waals surface area contributed by atoms with Crippen LogP contribution in [0.2, 0.25) is 0 Å². The molecule has 2 amide bonds. The largest absolute Gasteiger partial charge is 0.398 e. The van der Waals surface area contributed by atoms with Crippen LogP contribution in [-0.2, 0) is 11.2 Å². The topological polar surface area (TPSA) is 123 Å². The van der Waals surface area contributed by atoms with Crippen LogP contribution in [0.25, 0.3) is 11.4 Å². The fourth-order valence-electron chi connectivity index (χ4n) is 2.69. The highest BCUT2D eigenvalue weighted by atomic mass is 19.1. The van der Waals surface area contributed by atoms with Crippen molar-refractivity contribution in [3.05, 3.63) is 65.3 Å². The van der Waals surface area contributed by atoms with Crippen LogP contribution in [0, 0.1) is 12.7 Å². The first kappa shape index (κ1) is 21.0. The molecule has 0 fully saturated rings. The summed E-state index contributed by atoms with van der Waals surface area (Å²) >= 11 is 0. The van der Waals surface area contributed by atoms with Gasteiger partial charge in [-0.05, 0) is 30.7 Å². The van der Waals surface area contributed by atoms with Gasteiger partial charge in [-0.25, -0.2) is 4.39 Å². The summed E-state index contributed by atoms with van der Waals surface area (Å²) < 4.78 is 18.8. The predicted molar refractivity (Wildman–Crippen MR) is 109 cm³/mol. The summed E-state index contributed by atoms with van der Waals surface area (Å²) in [7, 11) is 0. The van der Waals surface area contributed by atoms with Crippen molar-refractivity contribution in [1.29, 1.82) is 0 Å². The molecule has 0 aliphatic rings. The molecule has 3 aromatic rings. The number of nitrogens with zero attached hydrogens (tertiary/aromatic N) is 2. The van der Waals surface area contributed by atoms with E-state index in [-0.39, 0.29) is 55.3 Å². The van der Waals surface area contributed by atoms with Crippen LogP contribution in [0.4, 0.5) is 10.1 Å². The van der Waals surface area contributed by atoms with Gasteiger partial charge in [0.25, 0.3) is 5.91 Å². The van der Waals surface area contributed by atoms with E-state index in [0.29, 0.717) is 22.4 Å². The zero-order valence-electron chi connectivity index (χ0n) is 16.4. The highest BCUT2D eigenvalue weighted by Gasteiger charge is 2.12. The maximum atomic E-state index is 13.7. The van der Waals surface area contributed by atoms with Crippen molar-refractivity contribution < 1.29 is 18.5 Å². The highest BCUT2D eigenvalue weighted by molar-refractivity contribution is 5.99. The van der Waals surface area contributed by atoms with Crippen LogP contribution < -0.4 is 16.4 Å². The molecule has 0 aliphatic carbocycles. The number of carbonyl (C=O) groups excluding carboxylic acids is 2. The van der Waals surface area contributed by atoms with Crippen molar-refractivity contribution >= 4 is 17.5 Å². The van der Waals surface area contributed by atoms with Gasteiger partial charge in [-0.1, -0.05) is 29.4 Å². The number of carbonyl (C=O) groups is 2. The number of aromatic nitrogens is 2. The van der Waals surface area contributed by atoms with E-state index in [1.807, 2.05) is 0 Å². The SMILES string of the molecule is Cc1ccc(-c2noc(CCC(=O)NCCNC(=O)c3ccccc3N)n2)cc1F. The van der Waals surface area contributed by atoms with E-state index in [1.54, 1.807) is 43.3 Å². The minimum atomic E-state index is -0.347. The van der Waals surface area contributed by atoms with Crippen molar-refractivity contribution in [3.8, 4) is 11.4 Å². The molecule has 9 heteroatoms. The fourth-order valence-corrected chi connectivity index (χ4v) is 2.69. The van der Waals surface area contributed by atoms with E-state index in [9.17, 15) is 14.0 Å². The number of nitrogens with two attached hydrogens (primary N) is 1. The number of nitrogens with one attached hydrogen (secondary N) is 2. The van der Waals surface area contributed by atoms with E-state index >= 15 is 0 Å². The summed E-state index contributed by atoms with van der Waals surface area (Å²) in [6, 6.07) is 11.4. The Balaban J connectivity index is 1.40. The smallest absolute Gasteiger partial charge is 0.253 e. The molecule has 8 nitrogen and oxygen atoms in total. The van der Waals surface area contributed by atoms with Crippen molar-refractivity contribution in [2.24, 2.45) is 0 Å². The monoisotopic (exact) mass is 411 g/mol. The number of hydrogen-bond donors (Lipinski definition) is 3. The van der Waals surface area contributed by atoms with Crippen LogP contribution in [0.5, 0.6) is 0 Å². The van der Waals surface area contributed by atoms with Crippen LogP contribution in [-0.4, -0.2) is 35.0 Å². The molecule has 0 spiro atoms. The molecule has 0 unspecified atom stereocenters. The number of aryl methyl sites for hydroxylation is 2. The molecule has 0 bridgehead atoms. The van der Waals surface area contributed by atoms with Gasteiger partial charge in [-0.3, -0.25) is 9.59 Å². The number of halogens is 1. The lowest BCUT2D eigenvalue weighted by molar-refractivity contribution is -0.121. The summed E-state index contributed by atoms with van der Waals surface area (Å²) in [5, 5.41) is 9.22. The Hall–Kier alpha value is -3.75. The Morgan fingerprint density at radius 2 is 1.90 bits per heavy atom. The summed E-state index contributed by atoms with van der Waals surface area (Å²) in [6.45, 7) is 2.21. The second-order valence-electron chi connectivity index (χ2n) is 6.67. The standard InChI is InChI=1S/C21H22FN5O3/c1-13-6-7-14(12-16(13)22)20-26-19(30-27-20)9-8-18(28)24-10-11-25-21(29)15-4-2-3-5-17(15)23/h2-7,12H,8-11,23H2,1H3,(H,24,28)(H,25,29). The lowest BCUT2D eigenvalue weighted by Crippen LogP contribution is -2.35. The van der Waals surface area contributed by atoms with Crippen LogP contribution in [0.1, 0.15) is 28.2 Å². The molecule has 0 aliphatic heterocycles. The molecular weight excluding hydrogens is 389 g/mol. The number of para-hydroxylation sites is 1. The van der Waals surface area contributed by atoms with Crippen molar-refractivity contribution in [3.63, 3.8) is 0 Å². The summed E-state index contributed by atoms with van der Waals surface area (Å²) in [5.74, 6) is -0.306. The number of benzene rings is 2. The zero-order chi connectivity index (χ0) is 21.5. The van der Waals surface area contributed by atoms with Crippen molar-refractivity contribution in [2.75, 3.05) is 18.8 Å². The second-order valence-corrected chi connectivity index (χ2v) is 6.67. The van der Waals surface area contributed by atoms with Gasteiger partial charge in [-0.2, -0.15) is 4.98 Å². The molecule has 0 saturated heterocycles. The summed E-state index contributed by atoms with van der Waals surface area (Å²) in [5.41, 5.74) is 7.58. The van der Waals surface area contributed by atoms with Gasteiger partial charge in [-0.15, -0.1) is 0 Å². The molecule has 2 aromatic carbocycles. The number of nitrogen functional groups attached to an aromatic ring is 1. The number of rotatable bonds is 8. The predicted octanol–water partition coefficient (Wildman–Crippen LogP) is 2.25. The third kappa shape index (κ3) is 5.40.